The van der Waals surface area contributed by atoms with Crippen LogP contribution in [0.3, 0.4) is 0 Å². The van der Waals surface area contributed by atoms with Gasteiger partial charge in [-0.25, -0.2) is 0 Å². The predicted octanol–water partition coefficient (Wildman–Crippen LogP) is 3.05. The lowest BCUT2D eigenvalue weighted by Gasteiger charge is -2.04. The van der Waals surface area contributed by atoms with Crippen LogP contribution in [0.15, 0.2) is 78.0 Å². The van der Waals surface area contributed by atoms with E-state index in [4.69, 9.17) is 16.2 Å². The molecule has 0 aliphatic carbocycles. The van der Waals surface area contributed by atoms with Gasteiger partial charge in [-0.1, -0.05) is 36.4 Å². The molecule has 0 aliphatic heterocycles. The van der Waals surface area contributed by atoms with Gasteiger partial charge in [0.15, 0.2) is 5.96 Å². The Morgan fingerprint density at radius 2 is 1.42 bits per heavy atom. The third-order valence-electron chi connectivity index (χ3n) is 6.42. The maximum absolute atomic E-state index is 13.0. The Labute approximate surface area is 249 Å². The van der Waals surface area contributed by atoms with Crippen molar-refractivity contribution in [3.05, 3.63) is 101 Å². The van der Waals surface area contributed by atoms with Crippen LogP contribution < -0.4 is 32.2 Å². The summed E-state index contributed by atoms with van der Waals surface area (Å²) < 4.78 is 8.46. The van der Waals surface area contributed by atoms with E-state index in [0.29, 0.717) is 28.3 Å². The van der Waals surface area contributed by atoms with Gasteiger partial charge in [0.05, 0.1) is 25.0 Å². The van der Waals surface area contributed by atoms with Gasteiger partial charge in [-0.15, -0.1) is 0 Å². The van der Waals surface area contributed by atoms with Crippen LogP contribution in [0.25, 0.3) is 12.2 Å². The first-order valence-electron chi connectivity index (χ1n) is 13.3. The van der Waals surface area contributed by atoms with E-state index >= 15 is 0 Å². The van der Waals surface area contributed by atoms with Crippen LogP contribution in [0, 0.1) is 0 Å². The second-order valence-corrected chi connectivity index (χ2v) is 9.65. The maximum atomic E-state index is 13.0. The first kappa shape index (κ1) is 30.2. The second-order valence-electron chi connectivity index (χ2n) is 9.65. The fraction of sp³-hybridized carbons (Fsp3) is 0.161. The summed E-state index contributed by atoms with van der Waals surface area (Å²) in [7, 11) is 5.03. The Balaban J connectivity index is 1.35. The number of aromatic nitrogens is 2. The van der Waals surface area contributed by atoms with Crippen LogP contribution >= 0.6 is 0 Å². The highest BCUT2D eigenvalue weighted by Crippen LogP contribution is 2.19. The van der Waals surface area contributed by atoms with Gasteiger partial charge in [0.25, 0.3) is 17.7 Å². The molecule has 2 aromatic heterocycles. The number of carbonyl (C=O) groups is 3. The molecule has 12 nitrogen and oxygen atoms in total. The summed E-state index contributed by atoms with van der Waals surface area (Å²) >= 11 is 0. The molecule has 0 bridgehead atoms. The average Bonchev–Trinajstić information content (AvgIpc) is 3.55. The largest absolute Gasteiger partial charge is 0.497 e. The number of carbonyl (C=O) groups excluding carboxylic acids is 3. The molecule has 2 heterocycles. The normalized spacial score (nSPS) is 10.8. The smallest absolute Gasteiger partial charge is 0.272 e. The van der Waals surface area contributed by atoms with Crippen molar-refractivity contribution in [2.45, 2.75) is 0 Å². The summed E-state index contributed by atoms with van der Waals surface area (Å²) in [6.45, 7) is 0.509. The summed E-state index contributed by atoms with van der Waals surface area (Å²) in [6.07, 6.45) is 7.20. The molecule has 7 N–H and O–H groups in total. The average molecular weight is 583 g/mol. The highest BCUT2D eigenvalue weighted by atomic mass is 16.5. The first-order valence-corrected chi connectivity index (χ1v) is 13.3. The van der Waals surface area contributed by atoms with E-state index in [1.807, 2.05) is 48.6 Å². The molecule has 12 heteroatoms. The number of nitrogens with one attached hydrogen (secondary N) is 3. The Bertz CT molecular complexity index is 1680. The minimum atomic E-state index is -0.402. The number of aryl methyl sites for hydroxylation is 2. The monoisotopic (exact) mass is 582 g/mol. The van der Waals surface area contributed by atoms with Crippen molar-refractivity contribution in [1.29, 1.82) is 0 Å². The van der Waals surface area contributed by atoms with Crippen molar-refractivity contribution in [2.75, 3.05) is 30.8 Å². The summed E-state index contributed by atoms with van der Waals surface area (Å²) in [5.74, 6) is -0.314. The van der Waals surface area contributed by atoms with Crippen molar-refractivity contribution in [3.8, 4) is 5.75 Å². The van der Waals surface area contributed by atoms with Crippen molar-refractivity contribution < 1.29 is 19.1 Å². The Hall–Kier alpha value is -5.78. The zero-order valence-electron chi connectivity index (χ0n) is 24.1. The van der Waals surface area contributed by atoms with E-state index < -0.39 is 5.91 Å². The highest BCUT2D eigenvalue weighted by molar-refractivity contribution is 6.07. The SMILES string of the molecule is COc1cccc(/C=C/c2ccc(C(=O)Nc3cc(C(=O)Nc4cc(C(=O)NCCN=C(N)N)n(C)c4)n(C)c3)cc2)c1. The zero-order chi connectivity index (χ0) is 30.9. The molecule has 4 aromatic rings. The number of anilines is 2. The molecular formula is C31H34N8O4. The van der Waals surface area contributed by atoms with E-state index in [9.17, 15) is 14.4 Å². The van der Waals surface area contributed by atoms with Crippen LogP contribution in [0.5, 0.6) is 5.75 Å². The van der Waals surface area contributed by atoms with Crippen molar-refractivity contribution >= 4 is 47.2 Å². The number of ether oxygens (including phenoxy) is 1. The van der Waals surface area contributed by atoms with Crippen molar-refractivity contribution in [3.63, 3.8) is 0 Å². The maximum Gasteiger partial charge on any atom is 0.272 e. The van der Waals surface area contributed by atoms with Gasteiger partial charge in [-0.3, -0.25) is 19.4 Å². The van der Waals surface area contributed by atoms with Gasteiger partial charge in [0.1, 0.15) is 17.1 Å². The van der Waals surface area contributed by atoms with Gasteiger partial charge in [-0.05, 0) is 47.5 Å². The molecule has 0 atom stereocenters. The third-order valence-corrected chi connectivity index (χ3v) is 6.42. The number of aliphatic imine (C=N–C) groups is 1. The summed E-state index contributed by atoms with van der Waals surface area (Å²) in [5, 5.41) is 8.34. The number of amides is 3. The number of guanidine groups is 1. The third kappa shape index (κ3) is 8.13. The number of hydrogen-bond acceptors (Lipinski definition) is 5. The Morgan fingerprint density at radius 3 is 2.05 bits per heavy atom. The van der Waals surface area contributed by atoms with Crippen LogP contribution in [0.4, 0.5) is 11.4 Å². The molecule has 0 radical (unpaired) electrons. The number of rotatable bonds is 11. The fourth-order valence-electron chi connectivity index (χ4n) is 4.24. The number of benzene rings is 2. The van der Waals surface area contributed by atoms with E-state index in [0.717, 1.165) is 16.9 Å². The van der Waals surface area contributed by atoms with Gasteiger partial charge in [-0.2, -0.15) is 0 Å². The molecule has 0 unspecified atom stereocenters. The first-order chi connectivity index (χ1) is 20.6. The fourth-order valence-corrected chi connectivity index (χ4v) is 4.24. The molecule has 222 valence electrons. The van der Waals surface area contributed by atoms with Crippen LogP contribution in [0.2, 0.25) is 0 Å². The van der Waals surface area contributed by atoms with Gasteiger partial charge in [0.2, 0.25) is 0 Å². The number of nitrogens with two attached hydrogens (primary N) is 2. The molecule has 0 saturated carbocycles. The summed E-state index contributed by atoms with van der Waals surface area (Å²) in [5.41, 5.74) is 14.6. The molecule has 0 aliphatic rings. The quantitative estimate of drug-likeness (QED) is 0.0787. The van der Waals surface area contributed by atoms with E-state index in [1.54, 1.807) is 67.0 Å². The molecule has 2 aromatic carbocycles. The minimum absolute atomic E-state index is 0.0508. The Kier molecular flexibility index (Phi) is 9.63. The van der Waals surface area contributed by atoms with Crippen LogP contribution in [-0.4, -0.2) is 53.0 Å². The lowest BCUT2D eigenvalue weighted by Crippen LogP contribution is -2.29. The summed E-state index contributed by atoms with van der Waals surface area (Å²) in [4.78, 5) is 42.2. The zero-order valence-corrected chi connectivity index (χ0v) is 24.1. The lowest BCUT2D eigenvalue weighted by molar-refractivity contribution is 0.0945. The minimum Gasteiger partial charge on any atom is -0.497 e. The Morgan fingerprint density at radius 1 is 0.814 bits per heavy atom. The second kappa shape index (κ2) is 13.7. The molecule has 4 rings (SSSR count). The summed E-state index contributed by atoms with van der Waals surface area (Å²) in [6, 6.07) is 18.0. The van der Waals surface area contributed by atoms with Crippen LogP contribution in [-0.2, 0) is 14.1 Å². The molecule has 0 spiro atoms. The van der Waals surface area contributed by atoms with Gasteiger partial charge in [0, 0.05) is 38.6 Å². The predicted molar refractivity (Wildman–Crippen MR) is 168 cm³/mol. The topological polar surface area (TPSA) is 171 Å². The van der Waals surface area contributed by atoms with Crippen molar-refractivity contribution in [2.24, 2.45) is 30.6 Å². The molecule has 0 fully saturated rings. The molecule has 3 amide bonds. The van der Waals surface area contributed by atoms with E-state index in [-0.39, 0.29) is 30.9 Å². The van der Waals surface area contributed by atoms with E-state index in [2.05, 4.69) is 20.9 Å². The molecular weight excluding hydrogens is 548 g/mol. The number of hydrogen-bond donors (Lipinski definition) is 5. The standard InChI is InChI=1S/C31H34N8O4/c1-38-19-24(16-26(38)29(41)34-13-14-35-31(32)33)37-30(42)27-17-23(18-39(27)2)36-28(40)22-11-9-20(10-12-22)7-8-21-5-4-6-25(15-21)43-3/h4-12,15-19H,13-14H2,1-3H3,(H,34,41)(H,36,40)(H,37,42)(H4,32,33,35)/b8-7+. The molecule has 0 saturated heterocycles. The highest BCUT2D eigenvalue weighted by Gasteiger charge is 2.17. The number of methoxy groups -OCH3 is 1. The number of nitrogens with zero attached hydrogens (tertiary/aromatic N) is 3. The van der Waals surface area contributed by atoms with Gasteiger partial charge >= 0.3 is 0 Å². The van der Waals surface area contributed by atoms with E-state index in [1.165, 1.54) is 0 Å². The van der Waals surface area contributed by atoms with Crippen molar-refractivity contribution in [1.82, 2.24) is 14.5 Å². The molecule has 43 heavy (non-hydrogen) atoms. The lowest BCUT2D eigenvalue weighted by atomic mass is 10.1. The van der Waals surface area contributed by atoms with Crippen LogP contribution in [0.1, 0.15) is 42.5 Å². The van der Waals surface area contributed by atoms with Gasteiger partial charge < -0.3 is 41.3 Å².